The fraction of sp³-hybridized carbons (Fsp3) is 0.364. The lowest BCUT2D eigenvalue weighted by Crippen LogP contribution is -2.16. The van der Waals surface area contributed by atoms with Crippen molar-refractivity contribution in [2.75, 3.05) is 11.9 Å². The van der Waals surface area contributed by atoms with E-state index < -0.39 is 6.09 Å². The zero-order valence-electron chi connectivity index (χ0n) is 9.16. The third-order valence-corrected chi connectivity index (χ3v) is 2.04. The molecule has 0 aromatic heterocycles. The Balaban J connectivity index is 2.53. The van der Waals surface area contributed by atoms with Gasteiger partial charge in [0.05, 0.1) is 11.6 Å². The number of halogens is 1. The summed E-state index contributed by atoms with van der Waals surface area (Å²) in [5, 5.41) is 11.9. The molecule has 0 aliphatic heterocycles. The molecule has 0 unspecified atom stereocenters. The lowest BCUT2D eigenvalue weighted by molar-refractivity contribution is 0.147. The first-order valence-electron chi connectivity index (χ1n) is 4.91. The minimum absolute atomic E-state index is 0.0252. The van der Waals surface area contributed by atoms with Crippen LogP contribution in [-0.4, -0.2) is 17.8 Å². The third-order valence-electron chi connectivity index (χ3n) is 1.74. The highest BCUT2D eigenvalue weighted by Crippen LogP contribution is 2.26. The van der Waals surface area contributed by atoms with Crippen molar-refractivity contribution in [3.8, 4) is 5.75 Å². The molecule has 0 aliphatic rings. The van der Waals surface area contributed by atoms with Crippen molar-refractivity contribution in [3.63, 3.8) is 0 Å². The van der Waals surface area contributed by atoms with Gasteiger partial charge in [-0.3, -0.25) is 5.32 Å². The Morgan fingerprint density at radius 2 is 2.25 bits per heavy atom. The first-order valence-corrected chi connectivity index (χ1v) is 5.29. The van der Waals surface area contributed by atoms with Gasteiger partial charge in [-0.05, 0) is 24.1 Å². The van der Waals surface area contributed by atoms with Gasteiger partial charge in [-0.2, -0.15) is 0 Å². The van der Waals surface area contributed by atoms with E-state index in [4.69, 9.17) is 16.3 Å². The van der Waals surface area contributed by atoms with Crippen LogP contribution in [0.4, 0.5) is 10.5 Å². The summed E-state index contributed by atoms with van der Waals surface area (Å²) in [5.74, 6) is 0.261. The van der Waals surface area contributed by atoms with Crippen molar-refractivity contribution in [1.82, 2.24) is 0 Å². The van der Waals surface area contributed by atoms with Gasteiger partial charge in [-0.1, -0.05) is 25.4 Å². The van der Waals surface area contributed by atoms with Crippen molar-refractivity contribution in [3.05, 3.63) is 23.2 Å². The van der Waals surface area contributed by atoms with Gasteiger partial charge in [-0.15, -0.1) is 0 Å². The molecule has 1 aromatic carbocycles. The summed E-state index contributed by atoms with van der Waals surface area (Å²) in [6, 6.07) is 4.39. The molecule has 1 rings (SSSR count). The topological polar surface area (TPSA) is 58.6 Å². The molecule has 0 atom stereocenters. The SMILES string of the molecule is CC(C)COC(=O)Nc1ccc(O)c(Cl)c1. The Kier molecular flexibility index (Phi) is 4.43. The van der Waals surface area contributed by atoms with E-state index in [2.05, 4.69) is 5.32 Å². The van der Waals surface area contributed by atoms with E-state index in [0.717, 1.165) is 0 Å². The van der Waals surface area contributed by atoms with Crippen LogP contribution in [0.1, 0.15) is 13.8 Å². The van der Waals surface area contributed by atoms with Gasteiger partial charge in [0.2, 0.25) is 0 Å². The summed E-state index contributed by atoms with van der Waals surface area (Å²) in [4.78, 5) is 11.3. The number of hydrogen-bond donors (Lipinski definition) is 2. The molecule has 5 heteroatoms. The van der Waals surface area contributed by atoms with Gasteiger partial charge in [0.25, 0.3) is 0 Å². The second-order valence-corrected chi connectivity index (χ2v) is 4.19. The van der Waals surface area contributed by atoms with Crippen molar-refractivity contribution in [1.29, 1.82) is 0 Å². The first kappa shape index (κ1) is 12.6. The standard InChI is InChI=1S/C11H14ClNO3/c1-7(2)6-16-11(15)13-8-3-4-10(14)9(12)5-8/h3-5,7,14H,6H2,1-2H3,(H,13,15). The number of benzene rings is 1. The van der Waals surface area contributed by atoms with Crippen LogP contribution in [0.25, 0.3) is 0 Å². The average molecular weight is 244 g/mol. The quantitative estimate of drug-likeness (QED) is 0.802. The van der Waals surface area contributed by atoms with E-state index in [0.29, 0.717) is 12.3 Å². The zero-order valence-corrected chi connectivity index (χ0v) is 9.91. The summed E-state index contributed by atoms with van der Waals surface area (Å²) < 4.78 is 4.92. The highest BCUT2D eigenvalue weighted by molar-refractivity contribution is 6.32. The number of phenolic OH excluding ortho intramolecular Hbond substituents is 1. The van der Waals surface area contributed by atoms with Crippen LogP contribution in [0, 0.1) is 5.92 Å². The number of hydrogen-bond acceptors (Lipinski definition) is 3. The van der Waals surface area contributed by atoms with E-state index in [9.17, 15) is 9.90 Å². The summed E-state index contributed by atoms with van der Waals surface area (Å²) in [6.45, 7) is 4.26. The molecule has 0 radical (unpaired) electrons. The maximum atomic E-state index is 11.3. The zero-order chi connectivity index (χ0) is 12.1. The second-order valence-electron chi connectivity index (χ2n) is 3.78. The van der Waals surface area contributed by atoms with Gasteiger partial charge in [0.15, 0.2) is 0 Å². The van der Waals surface area contributed by atoms with Crippen LogP contribution in [0.3, 0.4) is 0 Å². The molecule has 0 saturated heterocycles. The number of amides is 1. The van der Waals surface area contributed by atoms with Crippen LogP contribution in [0.2, 0.25) is 5.02 Å². The molecule has 1 amide bonds. The molecule has 0 heterocycles. The molecule has 88 valence electrons. The number of anilines is 1. The molecule has 0 saturated carbocycles. The normalized spacial score (nSPS) is 10.2. The molecule has 2 N–H and O–H groups in total. The monoisotopic (exact) mass is 243 g/mol. The van der Waals surface area contributed by atoms with Crippen LogP contribution >= 0.6 is 11.6 Å². The number of nitrogens with one attached hydrogen (secondary N) is 1. The number of aromatic hydroxyl groups is 1. The fourth-order valence-electron chi connectivity index (χ4n) is 0.981. The molecular weight excluding hydrogens is 230 g/mol. The first-order chi connectivity index (χ1) is 7.49. The summed E-state index contributed by atoms with van der Waals surface area (Å²) in [5.41, 5.74) is 0.483. The molecular formula is C11H14ClNO3. The molecule has 0 aliphatic carbocycles. The Morgan fingerprint density at radius 1 is 1.56 bits per heavy atom. The third kappa shape index (κ3) is 3.98. The minimum atomic E-state index is -0.532. The Morgan fingerprint density at radius 3 is 2.81 bits per heavy atom. The summed E-state index contributed by atoms with van der Waals surface area (Å²) in [6.07, 6.45) is -0.532. The van der Waals surface area contributed by atoms with E-state index in [1.807, 2.05) is 13.8 Å². The highest BCUT2D eigenvalue weighted by Gasteiger charge is 2.06. The lowest BCUT2D eigenvalue weighted by Gasteiger charge is -2.09. The molecule has 0 spiro atoms. The average Bonchev–Trinajstić information content (AvgIpc) is 2.21. The van der Waals surface area contributed by atoms with Gasteiger partial charge >= 0.3 is 6.09 Å². The maximum absolute atomic E-state index is 11.3. The van der Waals surface area contributed by atoms with Crippen molar-refractivity contribution >= 4 is 23.4 Å². The molecule has 4 nitrogen and oxygen atoms in total. The molecule has 0 bridgehead atoms. The molecule has 0 fully saturated rings. The number of phenols is 1. The maximum Gasteiger partial charge on any atom is 0.411 e. The molecule has 16 heavy (non-hydrogen) atoms. The second kappa shape index (κ2) is 5.61. The molecule has 1 aromatic rings. The minimum Gasteiger partial charge on any atom is -0.506 e. The van der Waals surface area contributed by atoms with E-state index in [-0.39, 0.29) is 16.7 Å². The number of carbonyl (C=O) groups excluding carboxylic acids is 1. The summed E-state index contributed by atoms with van der Waals surface area (Å²) >= 11 is 5.68. The lowest BCUT2D eigenvalue weighted by atomic mass is 10.2. The Bertz CT molecular complexity index is 379. The largest absolute Gasteiger partial charge is 0.506 e. The van der Waals surface area contributed by atoms with Crippen molar-refractivity contribution in [2.45, 2.75) is 13.8 Å². The Labute approximate surface area is 99.2 Å². The van der Waals surface area contributed by atoms with Crippen molar-refractivity contribution in [2.24, 2.45) is 5.92 Å². The van der Waals surface area contributed by atoms with Gasteiger partial charge < -0.3 is 9.84 Å². The summed E-state index contributed by atoms with van der Waals surface area (Å²) in [7, 11) is 0. The Hall–Kier alpha value is -1.42. The number of rotatable bonds is 3. The highest BCUT2D eigenvalue weighted by atomic mass is 35.5. The number of carbonyl (C=O) groups is 1. The van der Waals surface area contributed by atoms with E-state index in [1.54, 1.807) is 0 Å². The van der Waals surface area contributed by atoms with Crippen LogP contribution in [-0.2, 0) is 4.74 Å². The van der Waals surface area contributed by atoms with Gasteiger partial charge in [-0.25, -0.2) is 4.79 Å². The van der Waals surface area contributed by atoms with E-state index >= 15 is 0 Å². The van der Waals surface area contributed by atoms with Gasteiger partial charge in [0.1, 0.15) is 5.75 Å². The fourth-order valence-corrected chi connectivity index (χ4v) is 1.16. The van der Waals surface area contributed by atoms with Gasteiger partial charge in [0, 0.05) is 5.69 Å². The van der Waals surface area contributed by atoms with Crippen LogP contribution in [0.15, 0.2) is 18.2 Å². The predicted molar refractivity (Wildman–Crippen MR) is 62.9 cm³/mol. The van der Waals surface area contributed by atoms with E-state index in [1.165, 1.54) is 18.2 Å². The van der Waals surface area contributed by atoms with Crippen molar-refractivity contribution < 1.29 is 14.6 Å². The number of ether oxygens (including phenoxy) is 1. The smallest absolute Gasteiger partial charge is 0.411 e. The van der Waals surface area contributed by atoms with Crippen LogP contribution in [0.5, 0.6) is 5.75 Å². The van der Waals surface area contributed by atoms with Crippen LogP contribution < -0.4 is 5.32 Å². The predicted octanol–water partition coefficient (Wildman–Crippen LogP) is 3.25.